The van der Waals surface area contributed by atoms with Gasteiger partial charge in [0.25, 0.3) is 0 Å². The van der Waals surface area contributed by atoms with E-state index in [1.165, 1.54) is 50.7 Å². The highest BCUT2D eigenvalue weighted by Crippen LogP contribution is 2.36. The molecule has 2 aromatic carbocycles. The molecule has 0 amide bonds. The molecular formula is C26H29F5O3. The summed E-state index contributed by atoms with van der Waals surface area (Å²) in [7, 11) is 0. The van der Waals surface area contributed by atoms with Crippen molar-refractivity contribution in [3.05, 3.63) is 59.2 Å². The number of hydrogen-bond donors (Lipinski definition) is 0. The van der Waals surface area contributed by atoms with Crippen LogP contribution in [0.3, 0.4) is 0 Å². The van der Waals surface area contributed by atoms with Gasteiger partial charge in [-0.05, 0) is 48.9 Å². The Bertz CT molecular complexity index is 925. The maximum absolute atomic E-state index is 13.7. The highest BCUT2D eigenvalue weighted by molar-refractivity contribution is 5.91. The van der Waals surface area contributed by atoms with Gasteiger partial charge in [0.2, 0.25) is 0 Å². The predicted molar refractivity (Wildman–Crippen MR) is 118 cm³/mol. The van der Waals surface area contributed by atoms with Gasteiger partial charge in [-0.1, -0.05) is 45.4 Å². The van der Waals surface area contributed by atoms with Crippen LogP contribution in [0.15, 0.2) is 36.4 Å². The first-order chi connectivity index (χ1) is 16.2. The van der Waals surface area contributed by atoms with Crippen molar-refractivity contribution in [2.75, 3.05) is 6.61 Å². The average molecular weight is 485 g/mol. The normalized spacial score (nSPS) is 18.5. The molecule has 8 heteroatoms. The molecule has 0 aromatic heterocycles. The Labute approximate surface area is 196 Å². The lowest BCUT2D eigenvalue weighted by molar-refractivity contribution is -0.142. The molecule has 1 aliphatic carbocycles. The van der Waals surface area contributed by atoms with Crippen LogP contribution in [0.5, 0.6) is 11.5 Å². The number of rotatable bonds is 9. The van der Waals surface area contributed by atoms with E-state index >= 15 is 0 Å². The van der Waals surface area contributed by atoms with E-state index < -0.39 is 35.1 Å². The third-order valence-corrected chi connectivity index (χ3v) is 6.27. The van der Waals surface area contributed by atoms with E-state index in [-0.39, 0.29) is 5.56 Å². The van der Waals surface area contributed by atoms with Crippen LogP contribution in [0.1, 0.15) is 74.2 Å². The van der Waals surface area contributed by atoms with Crippen molar-refractivity contribution in [3.63, 3.8) is 0 Å². The molecule has 0 saturated heterocycles. The molecule has 3 nitrogen and oxygen atoms in total. The van der Waals surface area contributed by atoms with Crippen LogP contribution in [0.4, 0.5) is 22.0 Å². The maximum atomic E-state index is 13.7. The average Bonchev–Trinajstić information content (AvgIpc) is 2.77. The van der Waals surface area contributed by atoms with Crippen molar-refractivity contribution in [1.29, 1.82) is 0 Å². The summed E-state index contributed by atoms with van der Waals surface area (Å²) < 4.78 is 76.0. The zero-order chi connectivity index (χ0) is 24.7. The summed E-state index contributed by atoms with van der Waals surface area (Å²) in [4.78, 5) is 12.2. The first-order valence-electron chi connectivity index (χ1n) is 11.7. The molecule has 0 N–H and O–H groups in total. The smallest absolute Gasteiger partial charge is 0.422 e. The summed E-state index contributed by atoms with van der Waals surface area (Å²) in [5.74, 6) is -3.42. The molecule has 1 fully saturated rings. The molecular weight excluding hydrogens is 455 g/mol. The number of hydrogen-bond acceptors (Lipinski definition) is 3. The number of esters is 1. The molecule has 0 atom stereocenters. The first kappa shape index (κ1) is 26.0. The van der Waals surface area contributed by atoms with Gasteiger partial charge in [-0.15, -0.1) is 0 Å². The zero-order valence-electron chi connectivity index (χ0n) is 19.1. The van der Waals surface area contributed by atoms with Crippen LogP contribution in [-0.2, 0) is 6.18 Å². The van der Waals surface area contributed by atoms with Crippen molar-refractivity contribution >= 4 is 5.97 Å². The van der Waals surface area contributed by atoms with Crippen molar-refractivity contribution in [2.45, 2.75) is 64.5 Å². The minimum absolute atomic E-state index is 0.0700. The van der Waals surface area contributed by atoms with Crippen LogP contribution < -0.4 is 9.47 Å². The van der Waals surface area contributed by atoms with Gasteiger partial charge in [-0.3, -0.25) is 0 Å². The van der Waals surface area contributed by atoms with E-state index in [1.54, 1.807) is 12.1 Å². The molecule has 1 aliphatic rings. The van der Waals surface area contributed by atoms with E-state index in [4.69, 9.17) is 9.47 Å². The van der Waals surface area contributed by atoms with Gasteiger partial charge < -0.3 is 9.47 Å². The van der Waals surface area contributed by atoms with Gasteiger partial charge in [0.15, 0.2) is 0 Å². The lowest BCUT2D eigenvalue weighted by Gasteiger charge is -2.28. The number of carbonyl (C=O) groups is 1. The van der Waals surface area contributed by atoms with Crippen LogP contribution in [-0.4, -0.2) is 12.6 Å². The third kappa shape index (κ3) is 7.18. The maximum Gasteiger partial charge on any atom is 0.422 e. The number of benzene rings is 2. The standard InChI is InChI=1S/C26H29F5O3/c1-2-3-4-5-17-6-8-18(9-7-17)16-33-20-12-10-19(11-13-20)25(32)34-21-14-22(27)24(23(28)15-21)26(29,30)31/h10-15,17-18H,2-9,16H2,1H3/t17-,18-. The Balaban J connectivity index is 1.49. The summed E-state index contributed by atoms with van der Waals surface area (Å²) in [5, 5.41) is 0. The van der Waals surface area contributed by atoms with E-state index in [0.29, 0.717) is 30.4 Å². The van der Waals surface area contributed by atoms with Crippen LogP contribution in [0.2, 0.25) is 0 Å². The fourth-order valence-corrected chi connectivity index (χ4v) is 4.32. The topological polar surface area (TPSA) is 35.5 Å². The number of halogens is 5. The van der Waals surface area contributed by atoms with E-state index in [0.717, 1.165) is 18.8 Å². The lowest BCUT2D eigenvalue weighted by Crippen LogP contribution is -2.20. The van der Waals surface area contributed by atoms with Crippen molar-refractivity contribution < 1.29 is 36.2 Å². The fraction of sp³-hybridized carbons (Fsp3) is 0.500. The Morgan fingerprint density at radius 3 is 2.06 bits per heavy atom. The molecule has 0 aliphatic heterocycles. The summed E-state index contributed by atoms with van der Waals surface area (Å²) in [5.41, 5.74) is -1.96. The third-order valence-electron chi connectivity index (χ3n) is 6.27. The first-order valence-corrected chi connectivity index (χ1v) is 11.7. The van der Waals surface area contributed by atoms with Crippen molar-refractivity contribution in [1.82, 2.24) is 0 Å². The van der Waals surface area contributed by atoms with Crippen molar-refractivity contribution in [3.8, 4) is 11.5 Å². The summed E-state index contributed by atoms with van der Waals surface area (Å²) in [6.07, 6.45) is 4.70. The molecule has 0 heterocycles. The molecule has 3 rings (SSSR count). The second-order valence-electron chi connectivity index (χ2n) is 8.87. The minimum Gasteiger partial charge on any atom is -0.493 e. The molecule has 0 bridgehead atoms. The highest BCUT2D eigenvalue weighted by Gasteiger charge is 2.38. The Kier molecular flexibility index (Phi) is 8.91. The van der Waals surface area contributed by atoms with Gasteiger partial charge in [-0.2, -0.15) is 13.2 Å². The van der Waals surface area contributed by atoms with Crippen LogP contribution >= 0.6 is 0 Å². The molecule has 34 heavy (non-hydrogen) atoms. The summed E-state index contributed by atoms with van der Waals surface area (Å²) >= 11 is 0. The molecule has 186 valence electrons. The van der Waals surface area contributed by atoms with Gasteiger partial charge in [0, 0.05) is 12.1 Å². The molecule has 1 saturated carbocycles. The largest absolute Gasteiger partial charge is 0.493 e. The molecule has 2 aromatic rings. The lowest BCUT2D eigenvalue weighted by atomic mass is 9.80. The van der Waals surface area contributed by atoms with Gasteiger partial charge >= 0.3 is 12.1 Å². The SMILES string of the molecule is CCCCC[C@H]1CC[C@H](COc2ccc(C(=O)Oc3cc(F)c(C(F)(F)F)c(F)c3)cc2)CC1. The fourth-order valence-electron chi connectivity index (χ4n) is 4.32. The molecule has 0 unspecified atom stereocenters. The number of alkyl halides is 3. The van der Waals surface area contributed by atoms with Gasteiger partial charge in [0.1, 0.15) is 28.7 Å². The predicted octanol–water partition coefficient (Wildman–Crippen LogP) is 7.97. The molecule has 0 radical (unpaired) electrons. The Hall–Kier alpha value is -2.64. The number of carbonyl (C=O) groups excluding carboxylic acids is 1. The van der Waals surface area contributed by atoms with Gasteiger partial charge in [-0.25, -0.2) is 13.6 Å². The van der Waals surface area contributed by atoms with E-state index in [2.05, 4.69) is 6.92 Å². The van der Waals surface area contributed by atoms with Crippen LogP contribution in [0.25, 0.3) is 0 Å². The molecule has 0 spiro atoms. The summed E-state index contributed by atoms with van der Waals surface area (Å²) in [6.45, 7) is 2.81. The second-order valence-corrected chi connectivity index (χ2v) is 8.87. The monoisotopic (exact) mass is 484 g/mol. The zero-order valence-corrected chi connectivity index (χ0v) is 19.1. The van der Waals surface area contributed by atoms with Crippen molar-refractivity contribution in [2.24, 2.45) is 11.8 Å². The highest BCUT2D eigenvalue weighted by atomic mass is 19.4. The van der Waals surface area contributed by atoms with Gasteiger partial charge in [0.05, 0.1) is 12.2 Å². The van der Waals surface area contributed by atoms with Crippen LogP contribution in [0, 0.1) is 23.5 Å². The van der Waals surface area contributed by atoms with E-state index in [9.17, 15) is 26.7 Å². The number of unbranched alkanes of at least 4 members (excludes halogenated alkanes) is 2. The van der Waals surface area contributed by atoms with E-state index in [1.807, 2.05) is 0 Å². The minimum atomic E-state index is -5.19. The Morgan fingerprint density at radius 1 is 0.912 bits per heavy atom. The quantitative estimate of drug-likeness (QED) is 0.157. The Morgan fingerprint density at radius 2 is 1.50 bits per heavy atom. The second kappa shape index (κ2) is 11.7. The summed E-state index contributed by atoms with van der Waals surface area (Å²) in [6, 6.07) is 6.69. The number of ether oxygens (including phenoxy) is 2.